The molecule has 0 bridgehead atoms. The van der Waals surface area contributed by atoms with E-state index in [1.165, 1.54) is 4.90 Å². The van der Waals surface area contributed by atoms with Crippen molar-refractivity contribution >= 4 is 6.09 Å². The first-order chi connectivity index (χ1) is 5.34. The van der Waals surface area contributed by atoms with Gasteiger partial charge in [-0.2, -0.15) is 0 Å². The number of hydrogen-bond donors (Lipinski definition) is 1. The predicted octanol–water partition coefficient (Wildman–Crippen LogP) is -2.40. The fourth-order valence-electron chi connectivity index (χ4n) is 0.586. The number of nitrogens with zero attached hydrogens (tertiary/aromatic N) is 1. The molecular weight excluding hydrogens is 259 g/mol. The molecular formula is C6H8IN2O2-. The molecule has 0 unspecified atom stereocenters. The third kappa shape index (κ3) is 2.41. The number of rotatable bonds is 2. The maximum absolute atomic E-state index is 11.0. The number of hydrogen-bond acceptors (Lipinski definition) is 3. The summed E-state index contributed by atoms with van der Waals surface area (Å²) in [5.41, 5.74) is 0. The summed E-state index contributed by atoms with van der Waals surface area (Å²) in [5, 5.41) is 2.86. The van der Waals surface area contributed by atoms with Gasteiger partial charge in [0.1, 0.15) is 0 Å². The van der Waals surface area contributed by atoms with Crippen molar-refractivity contribution in [2.24, 2.45) is 0 Å². The molecule has 0 radical (unpaired) electrons. The van der Waals surface area contributed by atoms with Gasteiger partial charge in [-0.3, -0.25) is 0 Å². The third-order valence-corrected chi connectivity index (χ3v) is 2.03. The van der Waals surface area contributed by atoms with E-state index in [1.54, 1.807) is 16.5 Å². The molecule has 1 amide bonds. The van der Waals surface area contributed by atoms with Crippen molar-refractivity contribution < 1.29 is 29.5 Å². The van der Waals surface area contributed by atoms with E-state index < -0.39 is 21.6 Å². The Kier molecular flexibility index (Phi) is 3.21. The summed E-state index contributed by atoms with van der Waals surface area (Å²) in [6, 6.07) is 0. The Morgan fingerprint density at radius 1 is 1.91 bits per heavy atom. The first kappa shape index (κ1) is 8.38. The van der Waals surface area contributed by atoms with Gasteiger partial charge in [-0.1, -0.05) is 0 Å². The van der Waals surface area contributed by atoms with Gasteiger partial charge in [0.25, 0.3) is 0 Å². The van der Waals surface area contributed by atoms with Crippen LogP contribution in [0.25, 0.3) is 0 Å². The molecule has 0 saturated carbocycles. The first-order valence-corrected chi connectivity index (χ1v) is 5.09. The summed E-state index contributed by atoms with van der Waals surface area (Å²) in [6.45, 7) is 3.98. The average Bonchev–Trinajstić information content (AvgIpc) is 2.52. The minimum absolute atomic E-state index is 0.307. The van der Waals surface area contributed by atoms with Crippen molar-refractivity contribution in [1.29, 1.82) is 0 Å². The van der Waals surface area contributed by atoms with E-state index >= 15 is 0 Å². The second kappa shape index (κ2) is 4.22. The molecule has 1 aliphatic heterocycles. The van der Waals surface area contributed by atoms with E-state index in [2.05, 4.69) is 11.9 Å². The van der Waals surface area contributed by atoms with Crippen LogP contribution in [0, 0.1) is 0 Å². The van der Waals surface area contributed by atoms with Gasteiger partial charge >= 0.3 is 75.5 Å². The van der Waals surface area contributed by atoms with E-state index in [4.69, 9.17) is 3.07 Å². The normalized spacial score (nSPS) is 14.7. The Labute approximate surface area is 75.7 Å². The third-order valence-electron chi connectivity index (χ3n) is 1.04. The van der Waals surface area contributed by atoms with Crippen molar-refractivity contribution in [3.63, 3.8) is 0 Å². The van der Waals surface area contributed by atoms with Gasteiger partial charge < -0.3 is 0 Å². The zero-order chi connectivity index (χ0) is 8.10. The summed E-state index contributed by atoms with van der Waals surface area (Å²) in [5.74, 6) is 0. The maximum atomic E-state index is 11.0. The van der Waals surface area contributed by atoms with Crippen LogP contribution in [0.15, 0.2) is 23.1 Å². The van der Waals surface area contributed by atoms with Crippen LogP contribution in [0.1, 0.15) is 0 Å². The van der Waals surface area contributed by atoms with Crippen LogP contribution in [-0.4, -0.2) is 17.7 Å². The molecule has 1 rings (SSSR count). The fourth-order valence-corrected chi connectivity index (χ4v) is 1.24. The molecule has 0 atom stereocenters. The van der Waals surface area contributed by atoms with Crippen molar-refractivity contribution in [3.8, 4) is 0 Å². The number of carbonyl (C=O) groups is 1. The van der Waals surface area contributed by atoms with Crippen LogP contribution < -0.4 is 26.9 Å². The first-order valence-electron chi connectivity index (χ1n) is 2.96. The minimum atomic E-state index is -0.619. The molecule has 0 saturated heterocycles. The number of carbonyl (C=O) groups excluding carboxylic acids is 1. The molecule has 1 aliphatic rings. The van der Waals surface area contributed by atoms with Gasteiger partial charge in [0.05, 0.1) is 0 Å². The zero-order valence-corrected chi connectivity index (χ0v) is 7.95. The van der Waals surface area contributed by atoms with Crippen LogP contribution >= 0.6 is 0 Å². The van der Waals surface area contributed by atoms with E-state index in [-0.39, 0.29) is 6.09 Å². The van der Waals surface area contributed by atoms with Crippen LogP contribution in [0.4, 0.5) is 4.79 Å². The molecule has 0 spiro atoms. The predicted molar refractivity (Wildman–Crippen MR) is 35.7 cm³/mol. The van der Waals surface area contributed by atoms with Gasteiger partial charge in [-0.15, -0.1) is 0 Å². The summed E-state index contributed by atoms with van der Waals surface area (Å²) < 4.78 is 6.51. The van der Waals surface area contributed by atoms with Crippen molar-refractivity contribution in [1.82, 2.24) is 10.2 Å². The van der Waals surface area contributed by atoms with Gasteiger partial charge in [0.15, 0.2) is 0 Å². The summed E-state index contributed by atoms with van der Waals surface area (Å²) in [7, 11) is 0. The second-order valence-electron chi connectivity index (χ2n) is 1.73. The molecule has 11 heavy (non-hydrogen) atoms. The summed E-state index contributed by atoms with van der Waals surface area (Å²) in [4.78, 5) is 12.5. The Hall–Kier alpha value is -0.720. The van der Waals surface area contributed by atoms with Crippen LogP contribution in [-0.2, 0) is 3.07 Å². The quantitative estimate of drug-likeness (QED) is 0.567. The standard InChI is InChI=1S/C6H8IN2O2/c1-2-7-11-6(10)9-4-3-8-5-9/h2-4,8H,1,5H2/q-1. The van der Waals surface area contributed by atoms with Crippen molar-refractivity contribution in [2.75, 3.05) is 6.67 Å². The Morgan fingerprint density at radius 3 is 3.27 bits per heavy atom. The number of nitrogens with one attached hydrogen (secondary N) is 1. The molecule has 0 aromatic heterocycles. The topological polar surface area (TPSA) is 41.6 Å². The van der Waals surface area contributed by atoms with Gasteiger partial charge in [0, 0.05) is 0 Å². The van der Waals surface area contributed by atoms with Crippen molar-refractivity contribution in [2.45, 2.75) is 0 Å². The number of halogens is 1. The monoisotopic (exact) mass is 267 g/mol. The summed E-state index contributed by atoms with van der Waals surface area (Å²) in [6.07, 6.45) is 3.04. The molecule has 0 aromatic carbocycles. The average molecular weight is 267 g/mol. The number of amides is 1. The SMILES string of the molecule is C=C[I-]OC(=O)N1C=CNC1. The van der Waals surface area contributed by atoms with Crippen LogP contribution in [0.5, 0.6) is 0 Å². The molecule has 1 heterocycles. The van der Waals surface area contributed by atoms with Crippen LogP contribution in [0.3, 0.4) is 0 Å². The second-order valence-corrected chi connectivity index (χ2v) is 3.56. The molecule has 0 fully saturated rings. The van der Waals surface area contributed by atoms with E-state index in [0.29, 0.717) is 6.67 Å². The molecule has 62 valence electrons. The van der Waals surface area contributed by atoms with Gasteiger partial charge in [0.2, 0.25) is 0 Å². The Balaban J connectivity index is 2.29. The molecule has 0 aromatic rings. The summed E-state index contributed by atoms with van der Waals surface area (Å²) >= 11 is -0.619. The Morgan fingerprint density at radius 2 is 2.73 bits per heavy atom. The molecule has 0 aliphatic carbocycles. The zero-order valence-electron chi connectivity index (χ0n) is 5.79. The van der Waals surface area contributed by atoms with Gasteiger partial charge in [-0.05, 0) is 0 Å². The Bertz CT molecular complexity index is 193. The van der Waals surface area contributed by atoms with E-state index in [0.717, 1.165) is 0 Å². The van der Waals surface area contributed by atoms with Crippen molar-refractivity contribution in [3.05, 3.63) is 23.1 Å². The molecule has 1 N–H and O–H groups in total. The van der Waals surface area contributed by atoms with Crippen LogP contribution in [0.2, 0.25) is 0 Å². The molecule has 5 heteroatoms. The molecule has 4 nitrogen and oxygen atoms in total. The van der Waals surface area contributed by atoms with Gasteiger partial charge in [-0.25, -0.2) is 0 Å². The van der Waals surface area contributed by atoms with E-state index in [9.17, 15) is 4.79 Å². The fraction of sp³-hybridized carbons (Fsp3) is 0.167. The van der Waals surface area contributed by atoms with E-state index in [1.807, 2.05) is 0 Å².